The lowest BCUT2D eigenvalue weighted by atomic mass is 9.97. The summed E-state index contributed by atoms with van der Waals surface area (Å²) in [5.41, 5.74) is 0. The van der Waals surface area contributed by atoms with E-state index in [0.717, 1.165) is 38.0 Å². The smallest absolute Gasteiger partial charge is 0.0721 e. The van der Waals surface area contributed by atoms with Gasteiger partial charge in [-0.05, 0) is 37.8 Å². The van der Waals surface area contributed by atoms with Crippen molar-refractivity contribution in [1.82, 2.24) is 10.6 Å². The lowest BCUT2D eigenvalue weighted by molar-refractivity contribution is 0.0413. The Bertz CT molecular complexity index is 201. The van der Waals surface area contributed by atoms with Gasteiger partial charge in [0.15, 0.2) is 0 Å². The van der Waals surface area contributed by atoms with Crippen LogP contribution in [0, 0.1) is 11.8 Å². The highest BCUT2D eigenvalue weighted by Crippen LogP contribution is 2.13. The molecule has 0 aromatic carbocycles. The third-order valence-electron chi connectivity index (χ3n) is 4.12. The summed E-state index contributed by atoms with van der Waals surface area (Å²) < 4.78 is 10.5. The van der Waals surface area contributed by atoms with E-state index in [4.69, 9.17) is 9.47 Å². The molecule has 2 fully saturated rings. The van der Waals surface area contributed by atoms with Gasteiger partial charge in [0.1, 0.15) is 0 Å². The van der Waals surface area contributed by atoms with Crippen molar-refractivity contribution in [3.63, 3.8) is 0 Å². The van der Waals surface area contributed by atoms with E-state index in [1.54, 1.807) is 14.2 Å². The minimum Gasteiger partial charge on any atom is -0.380 e. The highest BCUT2D eigenvalue weighted by atomic mass is 35.5. The molecule has 2 aliphatic heterocycles. The van der Waals surface area contributed by atoms with Crippen molar-refractivity contribution < 1.29 is 9.47 Å². The molecule has 2 N–H and O–H groups in total. The predicted molar refractivity (Wildman–Crippen MR) is 89.4 cm³/mol. The molecule has 0 unspecified atom stereocenters. The van der Waals surface area contributed by atoms with Crippen LogP contribution in [0.5, 0.6) is 0 Å². The van der Waals surface area contributed by atoms with E-state index in [2.05, 4.69) is 24.5 Å². The minimum atomic E-state index is 0. The zero-order chi connectivity index (χ0) is 13.4. The summed E-state index contributed by atoms with van der Waals surface area (Å²) >= 11 is 0. The molecule has 0 radical (unpaired) electrons. The molecule has 6 heteroatoms. The van der Waals surface area contributed by atoms with E-state index < -0.39 is 0 Å². The first kappa shape index (κ1) is 22.7. The molecule has 124 valence electrons. The lowest BCUT2D eigenvalue weighted by Gasteiger charge is -2.27. The van der Waals surface area contributed by atoms with E-state index in [-0.39, 0.29) is 24.8 Å². The molecule has 2 saturated heterocycles. The molecule has 0 aromatic rings. The molecule has 2 heterocycles. The van der Waals surface area contributed by atoms with Gasteiger partial charge in [0.2, 0.25) is 0 Å². The monoisotopic (exact) mass is 330 g/mol. The first-order valence-corrected chi connectivity index (χ1v) is 7.16. The zero-order valence-corrected chi connectivity index (χ0v) is 14.8. The summed E-state index contributed by atoms with van der Waals surface area (Å²) in [6.07, 6.45) is 3.38. The zero-order valence-electron chi connectivity index (χ0n) is 13.2. The van der Waals surface area contributed by atoms with Gasteiger partial charge in [-0.15, -0.1) is 24.8 Å². The molecule has 2 rings (SSSR count). The minimum absolute atomic E-state index is 0. The molecule has 0 spiro atoms. The van der Waals surface area contributed by atoms with Gasteiger partial charge in [0.25, 0.3) is 0 Å². The number of nitrogens with one attached hydrogen (secondary N) is 2. The number of ether oxygens (including phenoxy) is 2. The molecule has 0 saturated carbocycles. The summed E-state index contributed by atoms with van der Waals surface area (Å²) in [6.45, 7) is 8.85. The Hall–Kier alpha value is 0.420. The summed E-state index contributed by atoms with van der Waals surface area (Å²) in [5.74, 6) is 1.47. The second-order valence-corrected chi connectivity index (χ2v) is 5.49. The van der Waals surface area contributed by atoms with Crippen LogP contribution < -0.4 is 10.6 Å². The van der Waals surface area contributed by atoms with E-state index in [1.807, 2.05) is 0 Å². The van der Waals surface area contributed by atoms with Crippen LogP contribution in [0.25, 0.3) is 0 Å². The van der Waals surface area contributed by atoms with Crippen LogP contribution in [0.4, 0.5) is 0 Å². The highest BCUT2D eigenvalue weighted by molar-refractivity contribution is 5.85. The summed E-state index contributed by atoms with van der Waals surface area (Å²) in [7, 11) is 3.57. The molecule has 0 aliphatic carbocycles. The third kappa shape index (κ3) is 8.01. The average Bonchev–Trinajstić information content (AvgIpc) is 2.41. The van der Waals surface area contributed by atoms with Crippen molar-refractivity contribution >= 4 is 24.8 Å². The number of hydrogen-bond acceptors (Lipinski definition) is 4. The van der Waals surface area contributed by atoms with Crippen molar-refractivity contribution in [3.8, 4) is 0 Å². The van der Waals surface area contributed by atoms with E-state index in [9.17, 15) is 0 Å². The first-order chi connectivity index (χ1) is 8.69. The number of rotatable bonds is 2. The standard InChI is InChI=1S/2C7H15NO.2ClH/c2*1-6-3-4-8-5-7(6)9-2;;/h2*6-8H,3-5H2,1-2H3;2*1H/t2*6-,7+;;/m10../s1. The van der Waals surface area contributed by atoms with Crippen LogP contribution in [0.3, 0.4) is 0 Å². The van der Waals surface area contributed by atoms with E-state index >= 15 is 0 Å². The van der Waals surface area contributed by atoms with Gasteiger partial charge in [-0.3, -0.25) is 0 Å². The van der Waals surface area contributed by atoms with Gasteiger partial charge < -0.3 is 20.1 Å². The first-order valence-electron chi connectivity index (χ1n) is 7.16. The summed E-state index contributed by atoms with van der Waals surface area (Å²) in [4.78, 5) is 0. The Labute approximate surface area is 136 Å². The largest absolute Gasteiger partial charge is 0.380 e. The quantitative estimate of drug-likeness (QED) is 0.813. The van der Waals surface area contributed by atoms with Crippen LogP contribution in [-0.4, -0.2) is 52.6 Å². The van der Waals surface area contributed by atoms with E-state index in [0.29, 0.717) is 12.2 Å². The maximum Gasteiger partial charge on any atom is 0.0721 e. The van der Waals surface area contributed by atoms with Gasteiger partial charge in [-0.1, -0.05) is 13.8 Å². The van der Waals surface area contributed by atoms with Crippen molar-refractivity contribution in [3.05, 3.63) is 0 Å². The van der Waals surface area contributed by atoms with Gasteiger partial charge in [-0.2, -0.15) is 0 Å². The van der Waals surface area contributed by atoms with Gasteiger partial charge in [-0.25, -0.2) is 0 Å². The second-order valence-electron chi connectivity index (χ2n) is 5.49. The van der Waals surface area contributed by atoms with Crippen LogP contribution in [0.15, 0.2) is 0 Å². The molecular formula is C14H32Cl2N2O2. The van der Waals surface area contributed by atoms with Gasteiger partial charge in [0, 0.05) is 27.3 Å². The number of hydrogen-bond donors (Lipinski definition) is 2. The number of piperidine rings is 2. The van der Waals surface area contributed by atoms with Crippen molar-refractivity contribution in [2.45, 2.75) is 38.9 Å². The fourth-order valence-electron chi connectivity index (χ4n) is 2.55. The normalized spacial score (nSPS) is 33.0. The van der Waals surface area contributed by atoms with Crippen molar-refractivity contribution in [2.75, 3.05) is 40.4 Å². The van der Waals surface area contributed by atoms with Crippen molar-refractivity contribution in [2.24, 2.45) is 11.8 Å². The van der Waals surface area contributed by atoms with Crippen LogP contribution in [0.1, 0.15) is 26.7 Å². The van der Waals surface area contributed by atoms with Crippen LogP contribution in [0.2, 0.25) is 0 Å². The molecule has 2 aliphatic rings. The Balaban J connectivity index is 0. The Morgan fingerprint density at radius 1 is 0.750 bits per heavy atom. The fraction of sp³-hybridized carbons (Fsp3) is 1.00. The fourth-order valence-corrected chi connectivity index (χ4v) is 2.55. The Kier molecular flexibility index (Phi) is 14.9. The maximum absolute atomic E-state index is 5.24. The maximum atomic E-state index is 5.24. The third-order valence-corrected chi connectivity index (χ3v) is 4.12. The topological polar surface area (TPSA) is 42.5 Å². The number of methoxy groups -OCH3 is 2. The average molecular weight is 331 g/mol. The second kappa shape index (κ2) is 13.1. The van der Waals surface area contributed by atoms with Crippen molar-refractivity contribution in [1.29, 1.82) is 0 Å². The Morgan fingerprint density at radius 2 is 1.10 bits per heavy atom. The molecule has 4 nitrogen and oxygen atoms in total. The number of halogens is 2. The van der Waals surface area contributed by atoms with Crippen LogP contribution in [-0.2, 0) is 9.47 Å². The molecule has 0 bridgehead atoms. The van der Waals surface area contributed by atoms with Gasteiger partial charge in [0.05, 0.1) is 12.2 Å². The summed E-state index contributed by atoms with van der Waals surface area (Å²) in [6, 6.07) is 0. The molecule has 20 heavy (non-hydrogen) atoms. The molecule has 0 amide bonds. The highest BCUT2D eigenvalue weighted by Gasteiger charge is 2.20. The Morgan fingerprint density at radius 3 is 1.30 bits per heavy atom. The molecular weight excluding hydrogens is 299 g/mol. The molecule has 0 aromatic heterocycles. The van der Waals surface area contributed by atoms with E-state index in [1.165, 1.54) is 12.8 Å². The SMILES string of the molecule is CO[C@@H]1CNCC[C@@H]1C.CO[C@H]1CNCC[C@H]1C.Cl.Cl. The van der Waals surface area contributed by atoms with Gasteiger partial charge >= 0.3 is 0 Å². The van der Waals surface area contributed by atoms with Crippen LogP contribution >= 0.6 is 24.8 Å². The predicted octanol–water partition coefficient (Wildman–Crippen LogP) is 2.11. The molecule has 4 atom stereocenters. The lowest BCUT2D eigenvalue weighted by Crippen LogP contribution is -2.40. The summed E-state index contributed by atoms with van der Waals surface area (Å²) in [5, 5.41) is 6.58.